The van der Waals surface area contributed by atoms with E-state index >= 15 is 0 Å². The molecule has 26 heavy (non-hydrogen) atoms. The van der Waals surface area contributed by atoms with Crippen LogP contribution >= 0.6 is 23.1 Å². The van der Waals surface area contributed by atoms with Crippen molar-refractivity contribution in [3.8, 4) is 11.5 Å². The van der Waals surface area contributed by atoms with Gasteiger partial charge < -0.3 is 14.6 Å². The minimum atomic E-state index is -0.857. The molecule has 5 nitrogen and oxygen atoms in total. The molecule has 1 aliphatic heterocycles. The fourth-order valence-electron chi connectivity index (χ4n) is 2.58. The molecule has 1 aliphatic rings. The van der Waals surface area contributed by atoms with Crippen molar-refractivity contribution >= 4 is 50.3 Å². The predicted molar refractivity (Wildman–Crippen MR) is 105 cm³/mol. The first-order valence-electron chi connectivity index (χ1n) is 8.01. The summed E-state index contributed by atoms with van der Waals surface area (Å²) in [5.41, 5.74) is 1.83. The van der Waals surface area contributed by atoms with E-state index in [4.69, 9.17) is 14.6 Å². The van der Waals surface area contributed by atoms with Crippen LogP contribution < -0.4 is 9.47 Å². The van der Waals surface area contributed by atoms with E-state index in [0.717, 1.165) is 31.4 Å². The van der Waals surface area contributed by atoms with Gasteiger partial charge in [-0.2, -0.15) is 0 Å². The quantitative estimate of drug-likeness (QED) is 0.703. The van der Waals surface area contributed by atoms with Crippen molar-refractivity contribution in [2.45, 2.75) is 0 Å². The fraction of sp³-hybridized carbons (Fsp3) is 0.158. The molecule has 1 N–H and O–H groups in total. The molecule has 0 spiro atoms. The summed E-state index contributed by atoms with van der Waals surface area (Å²) in [5.74, 6) is 0.556. The highest BCUT2D eigenvalue weighted by Gasteiger charge is 2.14. The van der Waals surface area contributed by atoms with Crippen LogP contribution in [0, 0.1) is 0 Å². The monoisotopic (exact) mass is 385 g/mol. The molecule has 0 amide bonds. The minimum absolute atomic E-state index is 0.0215. The third-order valence-corrected chi connectivity index (χ3v) is 5.93. The van der Waals surface area contributed by atoms with Crippen LogP contribution in [0.3, 0.4) is 0 Å². The van der Waals surface area contributed by atoms with Gasteiger partial charge >= 0.3 is 5.97 Å². The highest BCUT2D eigenvalue weighted by atomic mass is 32.2. The number of ether oxygens (including phenoxy) is 2. The molecule has 7 heteroatoms. The summed E-state index contributed by atoms with van der Waals surface area (Å²) in [7, 11) is 0. The molecule has 2 aromatic carbocycles. The maximum absolute atomic E-state index is 11.0. The number of carboxylic acids is 1. The topological polar surface area (TPSA) is 68.7 Å². The molecule has 0 fully saturated rings. The minimum Gasteiger partial charge on any atom is -0.486 e. The number of aliphatic carboxylic acids is 1. The zero-order valence-corrected chi connectivity index (χ0v) is 15.3. The first-order valence-corrected chi connectivity index (χ1v) is 9.81. The first-order chi connectivity index (χ1) is 12.7. The molecule has 0 unspecified atom stereocenters. The van der Waals surface area contributed by atoms with Crippen molar-refractivity contribution in [2.75, 3.05) is 19.0 Å². The van der Waals surface area contributed by atoms with Gasteiger partial charge in [0.1, 0.15) is 18.2 Å². The van der Waals surface area contributed by atoms with Crippen LogP contribution in [0.4, 0.5) is 0 Å². The Labute approximate surface area is 158 Å². The van der Waals surface area contributed by atoms with Crippen LogP contribution in [0.2, 0.25) is 0 Å². The summed E-state index contributed by atoms with van der Waals surface area (Å²) in [5, 5.41) is 9.88. The van der Waals surface area contributed by atoms with Crippen LogP contribution in [0.25, 0.3) is 21.2 Å². The summed E-state index contributed by atoms with van der Waals surface area (Å²) < 4.78 is 12.3. The zero-order valence-electron chi connectivity index (χ0n) is 13.7. The van der Waals surface area contributed by atoms with E-state index in [1.807, 2.05) is 48.5 Å². The lowest BCUT2D eigenvalue weighted by atomic mass is 10.2. The van der Waals surface area contributed by atoms with Crippen molar-refractivity contribution in [3.63, 3.8) is 0 Å². The summed E-state index contributed by atoms with van der Waals surface area (Å²) in [4.78, 5) is 16.5. The fourth-order valence-corrected chi connectivity index (χ4v) is 4.43. The van der Waals surface area contributed by atoms with Crippen molar-refractivity contribution in [1.29, 1.82) is 0 Å². The Morgan fingerprint density at radius 2 is 2.00 bits per heavy atom. The van der Waals surface area contributed by atoms with Crippen molar-refractivity contribution in [1.82, 2.24) is 4.98 Å². The van der Waals surface area contributed by atoms with E-state index < -0.39 is 5.97 Å². The van der Waals surface area contributed by atoms with Crippen LogP contribution in [-0.4, -0.2) is 35.0 Å². The standard InChI is InChI=1S/C19H15NO4S2/c21-18(22)11-25-17(19-20-13-3-1-2-4-16(13)26-19)10-12-5-6-14-15(9-12)24-8-7-23-14/h1-6,9-10H,7-8,11H2,(H,21,22)/b17-10-. The molecule has 0 bridgehead atoms. The molecule has 2 heterocycles. The second kappa shape index (κ2) is 7.39. The smallest absolute Gasteiger partial charge is 0.313 e. The maximum atomic E-state index is 11.0. The Bertz CT molecular complexity index is 963. The normalized spacial score (nSPS) is 13.8. The number of thiazole rings is 1. The second-order valence-electron chi connectivity index (χ2n) is 5.58. The van der Waals surface area contributed by atoms with Gasteiger partial charge in [0.2, 0.25) is 0 Å². The molecule has 1 aromatic heterocycles. The Morgan fingerprint density at radius 3 is 2.81 bits per heavy atom. The predicted octanol–water partition coefficient (Wildman–Crippen LogP) is 4.38. The number of benzene rings is 2. The number of thioether (sulfide) groups is 1. The highest BCUT2D eigenvalue weighted by molar-refractivity contribution is 8.09. The van der Waals surface area contributed by atoms with E-state index in [2.05, 4.69) is 4.98 Å². The van der Waals surface area contributed by atoms with Gasteiger partial charge in [-0.15, -0.1) is 23.1 Å². The summed E-state index contributed by atoms with van der Waals surface area (Å²) in [6, 6.07) is 13.6. The van der Waals surface area contributed by atoms with Gasteiger partial charge in [0, 0.05) is 4.91 Å². The van der Waals surface area contributed by atoms with Crippen molar-refractivity contribution in [2.24, 2.45) is 0 Å². The number of fused-ring (bicyclic) bond motifs is 2. The molecule has 0 aliphatic carbocycles. The number of carbonyl (C=O) groups is 1. The SMILES string of the molecule is O=C(O)CS/C(=C\c1ccc2c(c1)OCCO2)c1nc2ccccc2s1. The summed E-state index contributed by atoms with van der Waals surface area (Å²) in [6.45, 7) is 1.08. The average molecular weight is 385 g/mol. The largest absolute Gasteiger partial charge is 0.486 e. The number of hydrogen-bond donors (Lipinski definition) is 1. The molecular formula is C19H15NO4S2. The van der Waals surface area contributed by atoms with E-state index in [9.17, 15) is 4.79 Å². The molecule has 0 radical (unpaired) electrons. The van der Waals surface area contributed by atoms with Crippen LogP contribution in [0.1, 0.15) is 10.6 Å². The Balaban J connectivity index is 1.72. The number of carboxylic acid groups (broad SMARTS) is 1. The van der Waals surface area contributed by atoms with Crippen LogP contribution in [0.15, 0.2) is 42.5 Å². The summed E-state index contributed by atoms with van der Waals surface area (Å²) in [6.07, 6.45) is 1.95. The average Bonchev–Trinajstić information content (AvgIpc) is 3.09. The lowest BCUT2D eigenvalue weighted by Crippen LogP contribution is -2.15. The Kier molecular flexibility index (Phi) is 4.81. The first kappa shape index (κ1) is 16.9. The zero-order chi connectivity index (χ0) is 17.9. The van der Waals surface area contributed by atoms with E-state index in [-0.39, 0.29) is 5.75 Å². The van der Waals surface area contributed by atoms with Gasteiger partial charge in [-0.1, -0.05) is 18.2 Å². The number of aromatic nitrogens is 1. The third-order valence-electron chi connectivity index (χ3n) is 3.72. The molecule has 132 valence electrons. The molecule has 0 saturated heterocycles. The number of hydrogen-bond acceptors (Lipinski definition) is 6. The van der Waals surface area contributed by atoms with Crippen LogP contribution in [-0.2, 0) is 4.79 Å². The van der Waals surface area contributed by atoms with Gasteiger partial charge in [-0.3, -0.25) is 4.79 Å². The summed E-state index contributed by atoms with van der Waals surface area (Å²) >= 11 is 2.82. The molecule has 4 rings (SSSR count). The van der Waals surface area contributed by atoms with Gasteiger partial charge in [0.15, 0.2) is 11.5 Å². The second-order valence-corrected chi connectivity index (χ2v) is 7.63. The maximum Gasteiger partial charge on any atom is 0.313 e. The van der Waals surface area contributed by atoms with E-state index in [0.29, 0.717) is 19.0 Å². The van der Waals surface area contributed by atoms with Crippen LogP contribution in [0.5, 0.6) is 11.5 Å². The molecule has 3 aromatic rings. The van der Waals surface area contributed by atoms with E-state index in [1.165, 1.54) is 11.8 Å². The number of rotatable bonds is 5. The lowest BCUT2D eigenvalue weighted by molar-refractivity contribution is -0.133. The van der Waals surface area contributed by atoms with Gasteiger partial charge in [-0.05, 0) is 35.9 Å². The van der Waals surface area contributed by atoms with E-state index in [1.54, 1.807) is 11.3 Å². The lowest BCUT2D eigenvalue weighted by Gasteiger charge is -2.18. The third kappa shape index (κ3) is 3.68. The van der Waals surface area contributed by atoms with Gasteiger partial charge in [0.05, 0.1) is 16.0 Å². The highest BCUT2D eigenvalue weighted by Crippen LogP contribution is 2.37. The Morgan fingerprint density at radius 1 is 1.19 bits per heavy atom. The molecule has 0 saturated carbocycles. The molecular weight excluding hydrogens is 370 g/mol. The number of para-hydroxylation sites is 1. The molecule has 0 atom stereocenters. The van der Waals surface area contributed by atoms with Gasteiger partial charge in [-0.25, -0.2) is 4.98 Å². The van der Waals surface area contributed by atoms with Gasteiger partial charge in [0.25, 0.3) is 0 Å². The Hall–Kier alpha value is -2.51. The number of nitrogens with zero attached hydrogens (tertiary/aromatic N) is 1. The van der Waals surface area contributed by atoms with Crippen molar-refractivity contribution in [3.05, 3.63) is 53.0 Å². The van der Waals surface area contributed by atoms with Crippen molar-refractivity contribution < 1.29 is 19.4 Å².